The summed E-state index contributed by atoms with van der Waals surface area (Å²) in [7, 11) is 0. The number of hydrogen-bond donors (Lipinski definition) is 2. The Morgan fingerprint density at radius 1 is 1.44 bits per heavy atom. The summed E-state index contributed by atoms with van der Waals surface area (Å²) in [6.07, 6.45) is 0. The van der Waals surface area contributed by atoms with Gasteiger partial charge in [0, 0.05) is 5.69 Å². The summed E-state index contributed by atoms with van der Waals surface area (Å²) < 4.78 is 6.41. The van der Waals surface area contributed by atoms with E-state index in [1.54, 1.807) is 32.0 Å². The number of carbonyl (C=O) groups excluding carboxylic acids is 2. The van der Waals surface area contributed by atoms with Crippen LogP contribution in [0.4, 0.5) is 5.13 Å². The number of thiazole rings is 1. The van der Waals surface area contributed by atoms with E-state index >= 15 is 0 Å². The molecule has 0 aliphatic rings. The van der Waals surface area contributed by atoms with Crippen LogP contribution in [0, 0.1) is 6.92 Å². The standard InChI is InChI=1S/C16H13BrClN3O3S/c1-3-24-15(23)8-4-5-9-10(6-8)25-16(20-9)21-14(22)13-12(18)11(17)7(2)19-13/h4-6,19H,3H2,1-2H3,(H,20,21,22). The van der Waals surface area contributed by atoms with Crippen molar-refractivity contribution in [1.29, 1.82) is 0 Å². The zero-order chi connectivity index (χ0) is 18.1. The molecule has 0 atom stereocenters. The fourth-order valence-electron chi connectivity index (χ4n) is 2.21. The highest BCUT2D eigenvalue weighted by Gasteiger charge is 2.19. The number of esters is 1. The number of halogens is 2. The molecule has 0 aliphatic carbocycles. The summed E-state index contributed by atoms with van der Waals surface area (Å²) in [5.74, 6) is -0.773. The molecule has 3 rings (SSSR count). The summed E-state index contributed by atoms with van der Waals surface area (Å²) in [5.41, 5.74) is 2.15. The summed E-state index contributed by atoms with van der Waals surface area (Å²) in [6, 6.07) is 5.06. The van der Waals surface area contributed by atoms with Crippen LogP contribution in [-0.4, -0.2) is 28.5 Å². The molecule has 0 radical (unpaired) electrons. The number of nitrogens with zero attached hydrogens (tertiary/aromatic N) is 1. The average Bonchev–Trinajstić information content (AvgIpc) is 3.09. The molecule has 6 nitrogen and oxygen atoms in total. The molecule has 25 heavy (non-hydrogen) atoms. The number of nitrogens with one attached hydrogen (secondary N) is 2. The van der Waals surface area contributed by atoms with Crippen LogP contribution in [0.3, 0.4) is 0 Å². The number of aryl methyl sites for hydroxylation is 1. The molecule has 2 heterocycles. The molecule has 0 unspecified atom stereocenters. The lowest BCUT2D eigenvalue weighted by molar-refractivity contribution is 0.0526. The predicted molar refractivity (Wildman–Crippen MR) is 102 cm³/mol. The molecule has 130 valence electrons. The van der Waals surface area contributed by atoms with Gasteiger partial charge in [-0.25, -0.2) is 9.78 Å². The maximum absolute atomic E-state index is 12.4. The van der Waals surface area contributed by atoms with E-state index in [-0.39, 0.29) is 17.6 Å². The van der Waals surface area contributed by atoms with E-state index in [1.165, 1.54) is 11.3 Å². The zero-order valence-corrected chi connectivity index (χ0v) is 16.4. The van der Waals surface area contributed by atoms with Gasteiger partial charge in [0.1, 0.15) is 5.69 Å². The smallest absolute Gasteiger partial charge is 0.338 e. The van der Waals surface area contributed by atoms with Crippen LogP contribution in [0.2, 0.25) is 5.02 Å². The van der Waals surface area contributed by atoms with Crippen molar-refractivity contribution in [3.8, 4) is 0 Å². The van der Waals surface area contributed by atoms with Crippen LogP contribution in [0.15, 0.2) is 22.7 Å². The number of benzene rings is 1. The Morgan fingerprint density at radius 2 is 2.20 bits per heavy atom. The van der Waals surface area contributed by atoms with E-state index < -0.39 is 0 Å². The number of anilines is 1. The van der Waals surface area contributed by atoms with E-state index in [2.05, 4.69) is 31.2 Å². The molecule has 2 N–H and O–H groups in total. The lowest BCUT2D eigenvalue weighted by Gasteiger charge is -2.00. The average molecular weight is 443 g/mol. The molecule has 0 bridgehead atoms. The second kappa shape index (κ2) is 7.15. The number of hydrogen-bond acceptors (Lipinski definition) is 5. The van der Waals surface area contributed by atoms with E-state index in [0.717, 1.165) is 10.4 Å². The van der Waals surface area contributed by atoms with Crippen molar-refractivity contribution in [2.24, 2.45) is 0 Å². The van der Waals surface area contributed by atoms with Crippen LogP contribution in [-0.2, 0) is 4.74 Å². The minimum absolute atomic E-state index is 0.262. The first-order valence-electron chi connectivity index (χ1n) is 7.33. The Hall–Kier alpha value is -1.90. The monoisotopic (exact) mass is 441 g/mol. The van der Waals surface area contributed by atoms with E-state index in [9.17, 15) is 9.59 Å². The number of ether oxygens (including phenoxy) is 1. The quantitative estimate of drug-likeness (QED) is 0.570. The molecule has 9 heteroatoms. The van der Waals surface area contributed by atoms with Gasteiger partial charge >= 0.3 is 5.97 Å². The zero-order valence-electron chi connectivity index (χ0n) is 13.3. The third-order valence-electron chi connectivity index (χ3n) is 3.40. The normalized spacial score (nSPS) is 10.9. The summed E-state index contributed by atoms with van der Waals surface area (Å²) >= 11 is 10.7. The lowest BCUT2D eigenvalue weighted by Crippen LogP contribution is -2.12. The van der Waals surface area contributed by atoms with Crippen molar-refractivity contribution in [3.05, 3.63) is 44.6 Å². The molecular formula is C16H13BrClN3O3S. The number of aromatic amines is 1. The molecule has 3 aromatic rings. The van der Waals surface area contributed by atoms with Gasteiger partial charge in [0.25, 0.3) is 5.91 Å². The number of aromatic nitrogens is 2. The van der Waals surface area contributed by atoms with Crippen molar-refractivity contribution in [1.82, 2.24) is 9.97 Å². The van der Waals surface area contributed by atoms with Gasteiger partial charge in [-0.05, 0) is 48.0 Å². The molecule has 1 amide bonds. The highest BCUT2D eigenvalue weighted by atomic mass is 79.9. The van der Waals surface area contributed by atoms with Gasteiger partial charge in [-0.1, -0.05) is 22.9 Å². The van der Waals surface area contributed by atoms with Gasteiger partial charge in [-0.15, -0.1) is 0 Å². The SMILES string of the molecule is CCOC(=O)c1ccc2nc(NC(=O)c3[nH]c(C)c(Br)c3Cl)sc2c1. The first-order chi connectivity index (χ1) is 11.9. The number of carbonyl (C=O) groups is 2. The minimum atomic E-state index is -0.387. The molecule has 0 fully saturated rings. The van der Waals surface area contributed by atoms with Crippen molar-refractivity contribution in [2.75, 3.05) is 11.9 Å². The second-order valence-electron chi connectivity index (χ2n) is 5.13. The Labute approximate surface area is 160 Å². The van der Waals surface area contributed by atoms with Crippen LogP contribution in [0.25, 0.3) is 10.2 Å². The van der Waals surface area contributed by atoms with Crippen molar-refractivity contribution in [3.63, 3.8) is 0 Å². The summed E-state index contributed by atoms with van der Waals surface area (Å²) in [6.45, 7) is 3.87. The Kier molecular flexibility index (Phi) is 5.12. The highest BCUT2D eigenvalue weighted by molar-refractivity contribution is 9.10. The third kappa shape index (κ3) is 3.56. The maximum Gasteiger partial charge on any atom is 0.338 e. The number of amides is 1. The van der Waals surface area contributed by atoms with Gasteiger partial charge in [0.15, 0.2) is 5.13 Å². The van der Waals surface area contributed by atoms with Crippen molar-refractivity contribution < 1.29 is 14.3 Å². The van der Waals surface area contributed by atoms with Gasteiger partial charge < -0.3 is 9.72 Å². The summed E-state index contributed by atoms with van der Waals surface area (Å²) in [5, 5.41) is 3.46. The molecule has 0 saturated heterocycles. The third-order valence-corrected chi connectivity index (χ3v) is 5.93. The van der Waals surface area contributed by atoms with Gasteiger partial charge in [0.05, 0.1) is 31.9 Å². The molecule has 2 aromatic heterocycles. The first-order valence-corrected chi connectivity index (χ1v) is 9.32. The predicted octanol–water partition coefficient (Wildman–Crippen LogP) is 4.78. The molecule has 1 aromatic carbocycles. The lowest BCUT2D eigenvalue weighted by atomic mass is 10.2. The van der Waals surface area contributed by atoms with Crippen LogP contribution >= 0.6 is 38.9 Å². The van der Waals surface area contributed by atoms with Crippen molar-refractivity contribution >= 4 is 66.1 Å². The van der Waals surface area contributed by atoms with Gasteiger partial charge in [-0.3, -0.25) is 10.1 Å². The fourth-order valence-corrected chi connectivity index (χ4v) is 3.68. The van der Waals surface area contributed by atoms with Gasteiger partial charge in [-0.2, -0.15) is 0 Å². The summed E-state index contributed by atoms with van der Waals surface area (Å²) in [4.78, 5) is 31.5. The molecular weight excluding hydrogens is 430 g/mol. The molecule has 0 spiro atoms. The largest absolute Gasteiger partial charge is 0.462 e. The maximum atomic E-state index is 12.4. The van der Waals surface area contributed by atoms with Gasteiger partial charge in [0.2, 0.25) is 0 Å². The van der Waals surface area contributed by atoms with Crippen LogP contribution in [0.5, 0.6) is 0 Å². The molecule has 0 aliphatic heterocycles. The Balaban J connectivity index is 1.85. The fraction of sp³-hybridized carbons (Fsp3) is 0.188. The first kappa shape index (κ1) is 17.9. The number of rotatable bonds is 4. The van der Waals surface area contributed by atoms with Crippen molar-refractivity contribution in [2.45, 2.75) is 13.8 Å². The van der Waals surface area contributed by atoms with E-state index in [0.29, 0.717) is 32.3 Å². The van der Waals surface area contributed by atoms with E-state index in [1.807, 2.05) is 0 Å². The Morgan fingerprint density at radius 3 is 2.84 bits per heavy atom. The minimum Gasteiger partial charge on any atom is -0.462 e. The van der Waals surface area contributed by atoms with Crippen LogP contribution in [0.1, 0.15) is 33.5 Å². The molecule has 0 saturated carbocycles. The van der Waals surface area contributed by atoms with E-state index in [4.69, 9.17) is 16.3 Å². The topological polar surface area (TPSA) is 84.1 Å². The number of fused-ring (bicyclic) bond motifs is 1. The Bertz CT molecular complexity index is 983. The van der Waals surface area contributed by atoms with Crippen LogP contribution < -0.4 is 5.32 Å². The highest BCUT2D eigenvalue weighted by Crippen LogP contribution is 2.31. The second-order valence-corrected chi connectivity index (χ2v) is 7.33. The number of H-pyrrole nitrogens is 1.